The fraction of sp³-hybridized carbons (Fsp3) is 0.263. The molecule has 24 heavy (non-hydrogen) atoms. The number of hydrogen-bond acceptors (Lipinski definition) is 2. The summed E-state index contributed by atoms with van der Waals surface area (Å²) in [6, 6.07) is 11.3. The molecule has 0 aromatic heterocycles. The summed E-state index contributed by atoms with van der Waals surface area (Å²) in [4.78, 5) is 26.1. The van der Waals surface area contributed by atoms with Gasteiger partial charge in [0.15, 0.2) is 0 Å². The molecule has 0 bridgehead atoms. The van der Waals surface area contributed by atoms with E-state index in [0.29, 0.717) is 17.8 Å². The smallest absolute Gasteiger partial charge is 0.251 e. The van der Waals surface area contributed by atoms with Crippen LogP contribution in [0.1, 0.15) is 27.9 Å². The first-order chi connectivity index (χ1) is 11.4. The number of carbonyl (C=O) groups is 2. The lowest BCUT2D eigenvalue weighted by Crippen LogP contribution is -2.37. The number of amides is 2. The minimum atomic E-state index is -0.386. The van der Waals surface area contributed by atoms with Gasteiger partial charge in [-0.25, -0.2) is 4.39 Å². The first-order valence-electron chi connectivity index (χ1n) is 7.87. The van der Waals surface area contributed by atoms with Gasteiger partial charge < -0.3 is 10.2 Å². The highest BCUT2D eigenvalue weighted by Crippen LogP contribution is 2.22. The summed E-state index contributed by atoms with van der Waals surface area (Å²) in [5.41, 5.74) is 3.14. The van der Waals surface area contributed by atoms with E-state index in [0.717, 1.165) is 11.1 Å². The van der Waals surface area contributed by atoms with Gasteiger partial charge in [-0.3, -0.25) is 9.59 Å². The summed E-state index contributed by atoms with van der Waals surface area (Å²) < 4.78 is 13.3. The Morgan fingerprint density at radius 3 is 2.54 bits per heavy atom. The summed E-state index contributed by atoms with van der Waals surface area (Å²) in [5.74, 6) is -0.699. The van der Waals surface area contributed by atoms with Crippen LogP contribution < -0.4 is 10.2 Å². The van der Waals surface area contributed by atoms with Crippen LogP contribution in [-0.4, -0.2) is 24.4 Å². The van der Waals surface area contributed by atoms with Crippen LogP contribution in [0.2, 0.25) is 0 Å². The minimum absolute atomic E-state index is 0.119. The van der Waals surface area contributed by atoms with Gasteiger partial charge in [-0.05, 0) is 44.2 Å². The molecule has 0 spiro atoms. The number of benzene rings is 2. The van der Waals surface area contributed by atoms with Crippen molar-refractivity contribution in [1.29, 1.82) is 0 Å². The largest absolute Gasteiger partial charge is 0.347 e. The van der Waals surface area contributed by atoms with Crippen molar-refractivity contribution in [3.8, 4) is 0 Å². The Morgan fingerprint density at radius 1 is 1.17 bits per heavy atom. The zero-order valence-corrected chi connectivity index (χ0v) is 13.7. The zero-order valence-electron chi connectivity index (χ0n) is 13.7. The molecule has 4 nitrogen and oxygen atoms in total. The van der Waals surface area contributed by atoms with Crippen molar-refractivity contribution in [3.63, 3.8) is 0 Å². The molecule has 0 aliphatic carbocycles. The first kappa shape index (κ1) is 16.2. The summed E-state index contributed by atoms with van der Waals surface area (Å²) in [7, 11) is 0. The summed E-state index contributed by atoms with van der Waals surface area (Å²) >= 11 is 0. The molecule has 1 N–H and O–H groups in total. The number of anilines is 1. The molecule has 1 atom stereocenters. The van der Waals surface area contributed by atoms with E-state index in [-0.39, 0.29) is 30.1 Å². The normalized spacial score (nSPS) is 17.2. The molecule has 124 valence electrons. The van der Waals surface area contributed by atoms with E-state index >= 15 is 0 Å². The molecule has 0 radical (unpaired) electrons. The lowest BCUT2D eigenvalue weighted by Gasteiger charge is -2.17. The highest BCUT2D eigenvalue weighted by molar-refractivity contribution is 5.99. The Balaban J connectivity index is 1.71. The van der Waals surface area contributed by atoms with Gasteiger partial charge in [-0.2, -0.15) is 0 Å². The van der Waals surface area contributed by atoms with Crippen LogP contribution >= 0.6 is 0 Å². The molecular formula is C19H19FN2O2. The highest BCUT2D eigenvalue weighted by atomic mass is 19.1. The predicted octanol–water partition coefficient (Wildman–Crippen LogP) is 2.98. The molecule has 1 heterocycles. The Morgan fingerprint density at radius 2 is 1.88 bits per heavy atom. The van der Waals surface area contributed by atoms with Crippen molar-refractivity contribution in [3.05, 3.63) is 65.0 Å². The van der Waals surface area contributed by atoms with Gasteiger partial charge in [0.2, 0.25) is 5.91 Å². The number of carbonyl (C=O) groups excluding carboxylic acids is 2. The van der Waals surface area contributed by atoms with E-state index in [1.165, 1.54) is 17.0 Å². The second-order valence-corrected chi connectivity index (χ2v) is 6.24. The van der Waals surface area contributed by atoms with Gasteiger partial charge in [-0.15, -0.1) is 0 Å². The van der Waals surface area contributed by atoms with Crippen molar-refractivity contribution < 1.29 is 14.0 Å². The first-order valence-corrected chi connectivity index (χ1v) is 7.87. The van der Waals surface area contributed by atoms with Crippen LogP contribution in [0, 0.1) is 19.7 Å². The van der Waals surface area contributed by atoms with Crippen LogP contribution in [-0.2, 0) is 4.79 Å². The Hall–Kier alpha value is -2.69. The van der Waals surface area contributed by atoms with Gasteiger partial charge in [0.05, 0.1) is 6.04 Å². The van der Waals surface area contributed by atoms with Crippen molar-refractivity contribution in [2.75, 3.05) is 11.4 Å². The second-order valence-electron chi connectivity index (χ2n) is 6.24. The number of rotatable bonds is 3. The molecule has 2 aromatic carbocycles. The molecule has 1 aliphatic rings. The third kappa shape index (κ3) is 3.45. The molecule has 1 fully saturated rings. The maximum absolute atomic E-state index is 13.3. The Kier molecular flexibility index (Phi) is 4.34. The van der Waals surface area contributed by atoms with Crippen LogP contribution in [0.5, 0.6) is 0 Å². The van der Waals surface area contributed by atoms with E-state index in [4.69, 9.17) is 0 Å². The van der Waals surface area contributed by atoms with Crippen molar-refractivity contribution >= 4 is 17.5 Å². The quantitative estimate of drug-likeness (QED) is 0.943. The van der Waals surface area contributed by atoms with E-state index in [9.17, 15) is 14.0 Å². The van der Waals surface area contributed by atoms with Crippen molar-refractivity contribution in [2.24, 2.45) is 0 Å². The van der Waals surface area contributed by atoms with Gasteiger partial charge in [0, 0.05) is 24.2 Å². The second kappa shape index (κ2) is 6.43. The van der Waals surface area contributed by atoms with E-state index in [1.807, 2.05) is 32.0 Å². The lowest BCUT2D eigenvalue weighted by molar-refractivity contribution is -0.117. The Bertz CT molecular complexity index is 783. The molecule has 3 rings (SSSR count). The van der Waals surface area contributed by atoms with E-state index < -0.39 is 0 Å². The number of hydrogen-bond donors (Lipinski definition) is 1. The molecule has 0 saturated carbocycles. The number of aryl methyl sites for hydroxylation is 2. The number of nitrogens with zero attached hydrogens (tertiary/aromatic N) is 1. The predicted molar refractivity (Wildman–Crippen MR) is 90.5 cm³/mol. The fourth-order valence-corrected chi connectivity index (χ4v) is 3.07. The monoisotopic (exact) mass is 326 g/mol. The highest BCUT2D eigenvalue weighted by Gasteiger charge is 2.31. The van der Waals surface area contributed by atoms with Gasteiger partial charge in [0.25, 0.3) is 5.91 Å². The topological polar surface area (TPSA) is 49.4 Å². The molecule has 2 amide bonds. The maximum Gasteiger partial charge on any atom is 0.251 e. The van der Waals surface area contributed by atoms with Gasteiger partial charge in [-0.1, -0.05) is 23.3 Å². The molecule has 5 heteroatoms. The SMILES string of the molecule is Cc1cc(C)cc(C(=O)N[C@H]2CC(=O)N(c3cccc(F)c3)C2)c1. The van der Waals surface area contributed by atoms with Crippen LogP contribution in [0.4, 0.5) is 10.1 Å². The molecule has 0 unspecified atom stereocenters. The summed E-state index contributed by atoms with van der Waals surface area (Å²) in [6.07, 6.45) is 0.215. The van der Waals surface area contributed by atoms with Crippen molar-refractivity contribution in [2.45, 2.75) is 26.3 Å². The van der Waals surface area contributed by atoms with Gasteiger partial charge in [0.1, 0.15) is 5.82 Å². The molecule has 1 aliphatic heterocycles. The molecule has 2 aromatic rings. The zero-order chi connectivity index (χ0) is 17.3. The van der Waals surface area contributed by atoms with Crippen LogP contribution in [0.3, 0.4) is 0 Å². The third-order valence-electron chi connectivity index (χ3n) is 4.06. The average molecular weight is 326 g/mol. The average Bonchev–Trinajstić information content (AvgIpc) is 2.87. The summed E-state index contributed by atoms with van der Waals surface area (Å²) in [5, 5.41) is 2.90. The lowest BCUT2D eigenvalue weighted by atomic mass is 10.1. The summed E-state index contributed by atoms with van der Waals surface area (Å²) in [6.45, 7) is 4.22. The number of nitrogens with one attached hydrogen (secondary N) is 1. The minimum Gasteiger partial charge on any atom is -0.347 e. The van der Waals surface area contributed by atoms with Gasteiger partial charge >= 0.3 is 0 Å². The van der Waals surface area contributed by atoms with Crippen LogP contribution in [0.15, 0.2) is 42.5 Å². The molecule has 1 saturated heterocycles. The fourth-order valence-electron chi connectivity index (χ4n) is 3.07. The van der Waals surface area contributed by atoms with E-state index in [1.54, 1.807) is 12.1 Å². The van der Waals surface area contributed by atoms with Crippen LogP contribution in [0.25, 0.3) is 0 Å². The van der Waals surface area contributed by atoms with E-state index in [2.05, 4.69) is 5.32 Å². The molecular weight excluding hydrogens is 307 g/mol. The maximum atomic E-state index is 13.3. The Labute approximate surface area is 140 Å². The van der Waals surface area contributed by atoms with Crippen molar-refractivity contribution in [1.82, 2.24) is 5.32 Å². The standard InChI is InChI=1S/C19H19FN2O2/c1-12-6-13(2)8-14(7-12)19(24)21-16-10-18(23)22(11-16)17-5-3-4-15(20)9-17/h3-9,16H,10-11H2,1-2H3,(H,21,24)/t16-/m0/s1. The number of halogens is 1. The third-order valence-corrected chi connectivity index (χ3v) is 4.06.